The lowest BCUT2D eigenvalue weighted by atomic mass is 10.2. The van der Waals surface area contributed by atoms with Crippen molar-refractivity contribution in [3.63, 3.8) is 0 Å². The van der Waals surface area contributed by atoms with E-state index in [4.69, 9.17) is 5.73 Å². The lowest BCUT2D eigenvalue weighted by Gasteiger charge is -2.09. The third-order valence-corrected chi connectivity index (χ3v) is 2.18. The maximum absolute atomic E-state index is 11.7. The Morgan fingerprint density at radius 1 is 1.50 bits per heavy atom. The largest absolute Gasteiger partial charge is 0.349 e. The fourth-order valence-electron chi connectivity index (χ4n) is 1.24. The third kappa shape index (κ3) is 4.95. The predicted octanol–water partition coefficient (Wildman–Crippen LogP) is -0.317. The molecule has 0 saturated carbocycles. The first kappa shape index (κ1) is 14.2. The Bertz CT molecular complexity index is 442. The molecule has 0 aliphatic rings. The number of carbonyl (C=O) groups excluding carboxylic acids is 1. The highest BCUT2D eigenvalue weighted by Gasteiger charge is 2.05. The Hall–Kier alpha value is -1.90. The number of aromatic nitrogens is 1. The first-order valence-corrected chi connectivity index (χ1v) is 5.71. The maximum Gasteiger partial charge on any atom is 0.269 e. The summed E-state index contributed by atoms with van der Waals surface area (Å²) in [7, 11) is 3.91. The Morgan fingerprint density at radius 3 is 2.83 bits per heavy atom. The molecule has 0 radical (unpaired) electrons. The molecule has 0 fully saturated rings. The van der Waals surface area contributed by atoms with Gasteiger partial charge < -0.3 is 16.0 Å². The van der Waals surface area contributed by atoms with Gasteiger partial charge in [-0.15, -0.1) is 0 Å². The van der Waals surface area contributed by atoms with Crippen LogP contribution in [0.15, 0.2) is 18.3 Å². The van der Waals surface area contributed by atoms with Gasteiger partial charge in [-0.1, -0.05) is 11.8 Å². The number of carbonyl (C=O) groups is 1. The van der Waals surface area contributed by atoms with Crippen molar-refractivity contribution in [1.82, 2.24) is 15.2 Å². The standard InChI is InChI=1S/C13H18N4O/c1-17(2)9-8-15-13(18)12-6-5-11(10-16-12)4-3-7-14/h5-6,10H,7-9,14H2,1-2H3,(H,15,18). The highest BCUT2D eigenvalue weighted by atomic mass is 16.1. The molecule has 0 aliphatic heterocycles. The summed E-state index contributed by atoms with van der Waals surface area (Å²) in [6.07, 6.45) is 1.57. The zero-order valence-electron chi connectivity index (χ0n) is 10.7. The van der Waals surface area contributed by atoms with Crippen molar-refractivity contribution in [1.29, 1.82) is 0 Å². The van der Waals surface area contributed by atoms with E-state index >= 15 is 0 Å². The highest BCUT2D eigenvalue weighted by molar-refractivity contribution is 5.92. The van der Waals surface area contributed by atoms with Crippen LogP contribution in [-0.2, 0) is 0 Å². The number of nitrogens with one attached hydrogen (secondary N) is 1. The van der Waals surface area contributed by atoms with Crippen molar-refractivity contribution in [3.8, 4) is 11.8 Å². The number of rotatable bonds is 4. The fraction of sp³-hybridized carbons (Fsp3) is 0.385. The average Bonchev–Trinajstić information content (AvgIpc) is 2.36. The quantitative estimate of drug-likeness (QED) is 0.715. The highest BCUT2D eigenvalue weighted by Crippen LogP contribution is 1.98. The van der Waals surface area contributed by atoms with Gasteiger partial charge in [0.15, 0.2) is 0 Å². The Morgan fingerprint density at radius 2 is 2.28 bits per heavy atom. The van der Waals surface area contributed by atoms with E-state index in [2.05, 4.69) is 22.1 Å². The molecule has 96 valence electrons. The first-order valence-electron chi connectivity index (χ1n) is 5.71. The molecule has 3 N–H and O–H groups in total. The molecule has 0 bridgehead atoms. The van der Waals surface area contributed by atoms with E-state index < -0.39 is 0 Å². The monoisotopic (exact) mass is 246 g/mol. The molecule has 0 spiro atoms. The zero-order valence-corrected chi connectivity index (χ0v) is 10.7. The second kappa shape index (κ2) is 7.43. The average molecular weight is 246 g/mol. The van der Waals surface area contributed by atoms with Gasteiger partial charge in [0.1, 0.15) is 5.69 Å². The van der Waals surface area contributed by atoms with E-state index in [1.54, 1.807) is 18.3 Å². The molecule has 5 nitrogen and oxygen atoms in total. The van der Waals surface area contributed by atoms with Gasteiger partial charge in [0.25, 0.3) is 5.91 Å². The van der Waals surface area contributed by atoms with Crippen molar-refractivity contribution in [2.75, 3.05) is 33.7 Å². The summed E-state index contributed by atoms with van der Waals surface area (Å²) in [5, 5.41) is 2.79. The molecule has 0 atom stereocenters. The summed E-state index contributed by atoms with van der Waals surface area (Å²) in [5.74, 6) is 5.41. The fourth-order valence-corrected chi connectivity index (χ4v) is 1.24. The second-order valence-electron chi connectivity index (χ2n) is 4.00. The first-order chi connectivity index (χ1) is 8.63. The minimum Gasteiger partial charge on any atom is -0.349 e. The number of nitrogens with zero attached hydrogens (tertiary/aromatic N) is 2. The summed E-state index contributed by atoms with van der Waals surface area (Å²) in [5.41, 5.74) is 6.42. The van der Waals surface area contributed by atoms with E-state index in [0.29, 0.717) is 18.8 Å². The van der Waals surface area contributed by atoms with Crippen molar-refractivity contribution in [2.45, 2.75) is 0 Å². The SMILES string of the molecule is CN(C)CCNC(=O)c1ccc(C#CCN)cn1. The molecule has 1 aromatic rings. The number of hydrogen-bond donors (Lipinski definition) is 2. The third-order valence-electron chi connectivity index (χ3n) is 2.18. The molecule has 0 aromatic carbocycles. The van der Waals surface area contributed by atoms with Crippen LogP contribution in [0, 0.1) is 11.8 Å². The van der Waals surface area contributed by atoms with Gasteiger partial charge in [-0.3, -0.25) is 4.79 Å². The van der Waals surface area contributed by atoms with E-state index in [1.165, 1.54) is 0 Å². The topological polar surface area (TPSA) is 71.2 Å². The van der Waals surface area contributed by atoms with Gasteiger partial charge in [-0.25, -0.2) is 4.98 Å². The lowest BCUT2D eigenvalue weighted by molar-refractivity contribution is 0.0946. The van der Waals surface area contributed by atoms with Crippen LogP contribution >= 0.6 is 0 Å². The van der Waals surface area contributed by atoms with E-state index in [9.17, 15) is 4.79 Å². The minimum absolute atomic E-state index is 0.171. The molecule has 1 amide bonds. The van der Waals surface area contributed by atoms with Gasteiger partial charge in [0.2, 0.25) is 0 Å². The normalized spacial score (nSPS) is 9.78. The van der Waals surface area contributed by atoms with Crippen molar-refractivity contribution >= 4 is 5.91 Å². The van der Waals surface area contributed by atoms with Crippen LogP contribution in [0.4, 0.5) is 0 Å². The van der Waals surface area contributed by atoms with Gasteiger partial charge in [-0.2, -0.15) is 0 Å². The zero-order chi connectivity index (χ0) is 13.4. The van der Waals surface area contributed by atoms with Crippen LogP contribution in [0.3, 0.4) is 0 Å². The van der Waals surface area contributed by atoms with Gasteiger partial charge in [0.05, 0.1) is 6.54 Å². The molecule has 18 heavy (non-hydrogen) atoms. The maximum atomic E-state index is 11.7. The van der Waals surface area contributed by atoms with E-state index in [-0.39, 0.29) is 5.91 Å². The van der Waals surface area contributed by atoms with Crippen molar-refractivity contribution < 1.29 is 4.79 Å². The lowest BCUT2D eigenvalue weighted by Crippen LogP contribution is -2.31. The molecule has 1 heterocycles. The smallest absolute Gasteiger partial charge is 0.269 e. The second-order valence-corrected chi connectivity index (χ2v) is 4.00. The number of pyridine rings is 1. The predicted molar refractivity (Wildman–Crippen MR) is 71.1 cm³/mol. The van der Waals surface area contributed by atoms with Crippen molar-refractivity contribution in [2.24, 2.45) is 5.73 Å². The number of hydrogen-bond acceptors (Lipinski definition) is 4. The van der Waals surface area contributed by atoms with Gasteiger partial charge in [-0.05, 0) is 26.2 Å². The molecular weight excluding hydrogens is 228 g/mol. The summed E-state index contributed by atoms with van der Waals surface area (Å²) in [4.78, 5) is 17.8. The summed E-state index contributed by atoms with van der Waals surface area (Å²) in [6.45, 7) is 1.71. The van der Waals surface area contributed by atoms with Crippen LogP contribution in [0.5, 0.6) is 0 Å². The summed E-state index contributed by atoms with van der Waals surface area (Å²) < 4.78 is 0. The molecule has 0 aliphatic carbocycles. The van der Waals surface area contributed by atoms with Crippen LogP contribution in [-0.4, -0.2) is 49.5 Å². The van der Waals surface area contributed by atoms with Gasteiger partial charge in [0, 0.05) is 24.8 Å². The van der Waals surface area contributed by atoms with Crippen LogP contribution in [0.2, 0.25) is 0 Å². The number of amides is 1. The molecule has 1 rings (SSSR count). The van der Waals surface area contributed by atoms with Crippen LogP contribution in [0.25, 0.3) is 0 Å². The minimum atomic E-state index is -0.171. The Balaban J connectivity index is 2.54. The molecule has 1 aromatic heterocycles. The molecule has 0 saturated heterocycles. The molecular formula is C13H18N4O. The van der Waals surface area contributed by atoms with Crippen LogP contribution < -0.4 is 11.1 Å². The van der Waals surface area contributed by atoms with Gasteiger partial charge >= 0.3 is 0 Å². The summed E-state index contributed by atoms with van der Waals surface area (Å²) >= 11 is 0. The van der Waals surface area contributed by atoms with Crippen LogP contribution in [0.1, 0.15) is 16.1 Å². The van der Waals surface area contributed by atoms with Crippen molar-refractivity contribution in [3.05, 3.63) is 29.6 Å². The molecule has 0 unspecified atom stereocenters. The Kier molecular flexibility index (Phi) is 5.85. The molecule has 5 heteroatoms. The summed E-state index contributed by atoms with van der Waals surface area (Å²) in [6, 6.07) is 3.42. The number of nitrogens with two attached hydrogens (primary N) is 1. The Labute approximate surface area is 107 Å². The van der Waals surface area contributed by atoms with E-state index in [0.717, 1.165) is 12.1 Å². The number of likely N-dealkylation sites (N-methyl/N-ethyl adjacent to an activating group) is 1. The van der Waals surface area contributed by atoms with E-state index in [1.807, 2.05) is 19.0 Å².